The molecule has 0 saturated heterocycles. The molecule has 0 fully saturated rings. The number of hydrogen-bond donors (Lipinski definition) is 1. The average molecular weight is 286 g/mol. The Balaban J connectivity index is 1.93. The van der Waals surface area contributed by atoms with Gasteiger partial charge < -0.3 is 9.55 Å². The Bertz CT molecular complexity index is 817. The minimum absolute atomic E-state index is 0.240. The average Bonchev–Trinajstić information content (AvgIpc) is 2.72. The molecule has 0 aliphatic carbocycles. The zero-order valence-corrected chi connectivity index (χ0v) is 12.0. The van der Waals surface area contributed by atoms with Crippen molar-refractivity contribution in [2.24, 2.45) is 0 Å². The Morgan fingerprint density at radius 3 is 2.85 bits per heavy atom. The lowest BCUT2D eigenvalue weighted by Gasteiger charge is -2.06. The van der Waals surface area contributed by atoms with Crippen molar-refractivity contribution in [3.63, 3.8) is 0 Å². The van der Waals surface area contributed by atoms with Gasteiger partial charge in [0.15, 0.2) is 4.77 Å². The van der Waals surface area contributed by atoms with Gasteiger partial charge in [-0.1, -0.05) is 29.8 Å². The van der Waals surface area contributed by atoms with E-state index in [9.17, 15) is 4.39 Å². The predicted molar refractivity (Wildman–Crippen MR) is 82.0 cm³/mol. The van der Waals surface area contributed by atoms with Crippen LogP contribution >= 0.6 is 12.2 Å². The first kappa shape index (κ1) is 13.1. The molecule has 3 rings (SSSR count). The van der Waals surface area contributed by atoms with Crippen molar-refractivity contribution >= 4 is 23.3 Å². The van der Waals surface area contributed by atoms with Crippen molar-refractivity contribution < 1.29 is 4.39 Å². The number of nitrogens with one attached hydrogen (secondary N) is 1. The van der Waals surface area contributed by atoms with Crippen LogP contribution in [-0.2, 0) is 13.0 Å². The molecule has 0 saturated carbocycles. The van der Waals surface area contributed by atoms with E-state index in [1.165, 1.54) is 23.3 Å². The highest BCUT2D eigenvalue weighted by Crippen LogP contribution is 2.16. The summed E-state index contributed by atoms with van der Waals surface area (Å²) < 4.78 is 16.0. The monoisotopic (exact) mass is 286 g/mol. The Labute approximate surface area is 121 Å². The minimum Gasteiger partial charge on any atom is -0.331 e. The van der Waals surface area contributed by atoms with Crippen LogP contribution in [-0.4, -0.2) is 9.55 Å². The highest BCUT2D eigenvalue weighted by Gasteiger charge is 2.05. The molecule has 1 heterocycles. The van der Waals surface area contributed by atoms with Crippen LogP contribution in [0.1, 0.15) is 11.1 Å². The second-order valence-corrected chi connectivity index (χ2v) is 5.37. The van der Waals surface area contributed by atoms with E-state index in [1.807, 2.05) is 4.57 Å². The number of rotatable bonds is 3. The summed E-state index contributed by atoms with van der Waals surface area (Å²) in [7, 11) is 0. The lowest BCUT2D eigenvalue weighted by Crippen LogP contribution is -2.01. The molecule has 0 amide bonds. The third-order valence-corrected chi connectivity index (χ3v) is 3.77. The van der Waals surface area contributed by atoms with Crippen LogP contribution in [0.4, 0.5) is 4.39 Å². The molecular formula is C16H15FN2S. The molecule has 0 unspecified atom stereocenters. The van der Waals surface area contributed by atoms with E-state index < -0.39 is 0 Å². The smallest absolute Gasteiger partial charge is 0.178 e. The zero-order valence-electron chi connectivity index (χ0n) is 11.2. The van der Waals surface area contributed by atoms with Crippen LogP contribution in [0.2, 0.25) is 0 Å². The van der Waals surface area contributed by atoms with Gasteiger partial charge in [0.2, 0.25) is 0 Å². The van der Waals surface area contributed by atoms with Crippen molar-refractivity contribution in [3.05, 3.63) is 64.2 Å². The zero-order chi connectivity index (χ0) is 14.1. The fraction of sp³-hybridized carbons (Fsp3) is 0.188. The molecule has 1 aromatic heterocycles. The van der Waals surface area contributed by atoms with Gasteiger partial charge in [0.25, 0.3) is 0 Å². The number of H-pyrrole nitrogens is 1. The van der Waals surface area contributed by atoms with Crippen LogP contribution < -0.4 is 0 Å². The summed E-state index contributed by atoms with van der Waals surface area (Å²) in [6.45, 7) is 2.82. The molecule has 102 valence electrons. The van der Waals surface area contributed by atoms with Gasteiger partial charge in [0.1, 0.15) is 5.82 Å². The molecule has 3 aromatic rings. The maximum absolute atomic E-state index is 13.4. The second kappa shape index (κ2) is 5.21. The van der Waals surface area contributed by atoms with Crippen molar-refractivity contribution in [1.29, 1.82) is 0 Å². The summed E-state index contributed by atoms with van der Waals surface area (Å²) in [6.07, 6.45) is 0.874. The summed E-state index contributed by atoms with van der Waals surface area (Å²) in [4.78, 5) is 3.11. The molecule has 20 heavy (non-hydrogen) atoms. The molecule has 0 aliphatic rings. The third kappa shape index (κ3) is 2.51. The van der Waals surface area contributed by atoms with Crippen molar-refractivity contribution in [3.8, 4) is 0 Å². The number of hydrogen-bond acceptors (Lipinski definition) is 1. The lowest BCUT2D eigenvalue weighted by molar-refractivity contribution is 0.627. The van der Waals surface area contributed by atoms with Gasteiger partial charge in [0.05, 0.1) is 11.0 Å². The molecule has 2 aromatic carbocycles. The number of fused-ring (bicyclic) bond motifs is 1. The van der Waals surface area contributed by atoms with E-state index in [4.69, 9.17) is 12.2 Å². The first-order valence-electron chi connectivity index (χ1n) is 6.57. The summed E-state index contributed by atoms with van der Waals surface area (Å²) in [5, 5.41) is 0. The molecule has 0 atom stereocenters. The van der Waals surface area contributed by atoms with Gasteiger partial charge in [0, 0.05) is 6.54 Å². The Morgan fingerprint density at radius 1 is 1.20 bits per heavy atom. The fourth-order valence-electron chi connectivity index (χ4n) is 2.46. The second-order valence-electron chi connectivity index (χ2n) is 4.98. The lowest BCUT2D eigenvalue weighted by atomic mass is 10.1. The molecule has 4 heteroatoms. The molecule has 0 radical (unpaired) electrons. The standard InChI is InChI=1S/C16H15FN2S/c1-11-3-2-4-12(9-11)7-8-19-15-10-13(17)5-6-14(15)18-16(19)20/h2-6,9-10H,7-8H2,1H3,(H,18,20). The maximum atomic E-state index is 13.4. The maximum Gasteiger partial charge on any atom is 0.178 e. The normalized spacial score (nSPS) is 11.1. The highest BCUT2D eigenvalue weighted by molar-refractivity contribution is 7.71. The van der Waals surface area contributed by atoms with Gasteiger partial charge in [-0.2, -0.15) is 0 Å². The Hall–Kier alpha value is -1.94. The summed E-state index contributed by atoms with van der Waals surface area (Å²) in [6, 6.07) is 13.1. The molecule has 1 N–H and O–H groups in total. The number of aromatic nitrogens is 2. The van der Waals surface area contributed by atoms with E-state index in [-0.39, 0.29) is 5.82 Å². The fourth-order valence-corrected chi connectivity index (χ4v) is 2.76. The quantitative estimate of drug-likeness (QED) is 0.708. The third-order valence-electron chi connectivity index (χ3n) is 3.44. The number of halogens is 1. The van der Waals surface area contributed by atoms with Gasteiger partial charge in [-0.25, -0.2) is 4.39 Å². The number of nitrogens with zero attached hydrogens (tertiary/aromatic N) is 1. The van der Waals surface area contributed by atoms with Crippen LogP contribution in [0.5, 0.6) is 0 Å². The summed E-state index contributed by atoms with van der Waals surface area (Å²) in [5.41, 5.74) is 4.21. The van der Waals surface area contributed by atoms with Crippen LogP contribution in [0, 0.1) is 17.5 Å². The van der Waals surface area contributed by atoms with E-state index >= 15 is 0 Å². The molecule has 0 bridgehead atoms. The number of benzene rings is 2. The van der Waals surface area contributed by atoms with Crippen LogP contribution in [0.15, 0.2) is 42.5 Å². The van der Waals surface area contributed by atoms with E-state index in [1.54, 1.807) is 6.07 Å². The van der Waals surface area contributed by atoms with Crippen molar-refractivity contribution in [1.82, 2.24) is 9.55 Å². The van der Waals surface area contributed by atoms with Crippen LogP contribution in [0.25, 0.3) is 11.0 Å². The largest absolute Gasteiger partial charge is 0.331 e. The Morgan fingerprint density at radius 2 is 2.05 bits per heavy atom. The van der Waals surface area contributed by atoms with Gasteiger partial charge in [-0.05, 0) is 49.3 Å². The summed E-state index contributed by atoms with van der Waals surface area (Å²) >= 11 is 5.32. The molecular weight excluding hydrogens is 271 g/mol. The Kier molecular flexibility index (Phi) is 3.40. The highest BCUT2D eigenvalue weighted by atomic mass is 32.1. The first-order valence-corrected chi connectivity index (χ1v) is 6.98. The number of imidazole rings is 1. The summed E-state index contributed by atoms with van der Waals surface area (Å²) in [5.74, 6) is -0.240. The van der Waals surface area contributed by atoms with Crippen molar-refractivity contribution in [2.45, 2.75) is 19.9 Å². The topological polar surface area (TPSA) is 20.7 Å². The van der Waals surface area contributed by atoms with E-state index in [0.717, 1.165) is 24.0 Å². The van der Waals surface area contributed by atoms with Gasteiger partial charge >= 0.3 is 0 Å². The minimum atomic E-state index is -0.240. The van der Waals surface area contributed by atoms with E-state index in [0.29, 0.717) is 4.77 Å². The SMILES string of the molecule is Cc1cccc(CCn2c(=S)[nH]c3ccc(F)cc32)c1. The molecule has 0 aliphatic heterocycles. The molecule has 0 spiro atoms. The van der Waals surface area contributed by atoms with Crippen molar-refractivity contribution in [2.75, 3.05) is 0 Å². The van der Waals surface area contributed by atoms with Crippen LogP contribution in [0.3, 0.4) is 0 Å². The number of aromatic amines is 1. The van der Waals surface area contributed by atoms with Gasteiger partial charge in [-0.3, -0.25) is 0 Å². The molecule has 2 nitrogen and oxygen atoms in total. The number of aryl methyl sites for hydroxylation is 3. The van der Waals surface area contributed by atoms with E-state index in [2.05, 4.69) is 36.2 Å². The van der Waals surface area contributed by atoms with Gasteiger partial charge in [-0.15, -0.1) is 0 Å². The first-order chi connectivity index (χ1) is 9.63. The predicted octanol–water partition coefficient (Wildman–Crippen LogP) is 4.39.